The van der Waals surface area contributed by atoms with Crippen molar-refractivity contribution < 1.29 is 9.90 Å². The van der Waals surface area contributed by atoms with E-state index < -0.39 is 0 Å². The highest BCUT2D eigenvalue weighted by Crippen LogP contribution is 2.37. The molecule has 0 bridgehead atoms. The van der Waals surface area contributed by atoms with Crippen LogP contribution in [0.2, 0.25) is 0 Å². The monoisotopic (exact) mass is 284 g/mol. The van der Waals surface area contributed by atoms with Gasteiger partial charge in [0.1, 0.15) is 6.33 Å². The molecule has 1 fully saturated rings. The smallest absolute Gasteiger partial charge is 0.230 e. The molecule has 19 heavy (non-hydrogen) atoms. The lowest BCUT2D eigenvalue weighted by molar-refractivity contribution is -0.119. The Morgan fingerprint density at radius 3 is 3.11 bits per heavy atom. The van der Waals surface area contributed by atoms with Gasteiger partial charge in [0.05, 0.1) is 5.75 Å². The number of aliphatic hydroxyl groups is 1. The molecule has 0 aliphatic heterocycles. The molecule has 6 nitrogen and oxygen atoms in total. The summed E-state index contributed by atoms with van der Waals surface area (Å²) in [6, 6.07) is 0.581. The predicted molar refractivity (Wildman–Crippen MR) is 72.9 cm³/mol. The van der Waals surface area contributed by atoms with Crippen molar-refractivity contribution in [3.63, 3.8) is 0 Å². The SMILES string of the molecule is CCC(CCO)NC(=O)CSc1nncn1C1CC1. The zero-order valence-corrected chi connectivity index (χ0v) is 11.9. The molecule has 0 radical (unpaired) electrons. The van der Waals surface area contributed by atoms with Gasteiger partial charge in [0, 0.05) is 18.7 Å². The molecule has 1 heterocycles. The molecule has 1 aromatic rings. The van der Waals surface area contributed by atoms with Crippen molar-refractivity contribution in [2.75, 3.05) is 12.4 Å². The Morgan fingerprint density at radius 1 is 1.68 bits per heavy atom. The van der Waals surface area contributed by atoms with Crippen molar-refractivity contribution in [2.45, 2.75) is 49.8 Å². The van der Waals surface area contributed by atoms with Crippen LogP contribution in [0.5, 0.6) is 0 Å². The van der Waals surface area contributed by atoms with Crippen LogP contribution in [-0.2, 0) is 4.79 Å². The number of carbonyl (C=O) groups excluding carboxylic acids is 1. The fraction of sp³-hybridized carbons (Fsp3) is 0.750. The van der Waals surface area contributed by atoms with E-state index in [-0.39, 0.29) is 18.6 Å². The van der Waals surface area contributed by atoms with Crippen molar-refractivity contribution in [2.24, 2.45) is 0 Å². The Labute approximate surface area is 117 Å². The molecule has 1 atom stereocenters. The number of amides is 1. The molecular weight excluding hydrogens is 264 g/mol. The summed E-state index contributed by atoms with van der Waals surface area (Å²) in [5.41, 5.74) is 0. The minimum absolute atomic E-state index is 0.0179. The van der Waals surface area contributed by atoms with E-state index in [1.807, 2.05) is 11.5 Å². The molecule has 106 valence electrons. The number of nitrogens with zero attached hydrogens (tertiary/aromatic N) is 3. The molecule has 0 saturated heterocycles. The van der Waals surface area contributed by atoms with Gasteiger partial charge >= 0.3 is 0 Å². The maximum absolute atomic E-state index is 11.8. The summed E-state index contributed by atoms with van der Waals surface area (Å²) in [7, 11) is 0. The van der Waals surface area contributed by atoms with E-state index in [0.717, 1.165) is 11.6 Å². The van der Waals surface area contributed by atoms with Crippen molar-refractivity contribution in [1.29, 1.82) is 0 Å². The maximum Gasteiger partial charge on any atom is 0.230 e. The van der Waals surface area contributed by atoms with Gasteiger partial charge in [-0.15, -0.1) is 10.2 Å². The third kappa shape index (κ3) is 4.21. The third-order valence-electron chi connectivity index (χ3n) is 3.15. The second-order valence-corrected chi connectivity index (χ2v) is 5.67. The highest BCUT2D eigenvalue weighted by molar-refractivity contribution is 7.99. The molecule has 1 aliphatic rings. The Kier molecular flexibility index (Phi) is 5.21. The van der Waals surface area contributed by atoms with Crippen LogP contribution in [-0.4, -0.2) is 44.2 Å². The molecule has 2 N–H and O–H groups in total. The highest BCUT2D eigenvalue weighted by atomic mass is 32.2. The van der Waals surface area contributed by atoms with Gasteiger partial charge in [-0.3, -0.25) is 4.79 Å². The Morgan fingerprint density at radius 2 is 2.47 bits per heavy atom. The minimum atomic E-state index is -0.0179. The number of aliphatic hydroxyl groups excluding tert-OH is 1. The van der Waals surface area contributed by atoms with Crippen LogP contribution in [0.25, 0.3) is 0 Å². The van der Waals surface area contributed by atoms with Gasteiger partial charge in [0.15, 0.2) is 5.16 Å². The van der Waals surface area contributed by atoms with Crippen LogP contribution >= 0.6 is 11.8 Å². The molecule has 1 aromatic heterocycles. The van der Waals surface area contributed by atoms with Crippen LogP contribution in [0.3, 0.4) is 0 Å². The third-order valence-corrected chi connectivity index (χ3v) is 4.11. The number of rotatable bonds is 8. The van der Waals surface area contributed by atoms with Crippen molar-refractivity contribution in [3.8, 4) is 0 Å². The number of nitrogens with one attached hydrogen (secondary N) is 1. The first-order valence-electron chi connectivity index (χ1n) is 6.67. The first-order chi connectivity index (χ1) is 9.24. The molecule has 1 amide bonds. The normalized spacial score (nSPS) is 16.3. The van der Waals surface area contributed by atoms with E-state index in [2.05, 4.69) is 15.5 Å². The first-order valence-corrected chi connectivity index (χ1v) is 7.65. The van der Waals surface area contributed by atoms with Gasteiger partial charge in [-0.2, -0.15) is 0 Å². The van der Waals surface area contributed by atoms with E-state index >= 15 is 0 Å². The average Bonchev–Trinajstić information content (AvgIpc) is 3.15. The van der Waals surface area contributed by atoms with Crippen molar-refractivity contribution in [3.05, 3.63) is 6.33 Å². The Balaban J connectivity index is 1.77. The summed E-state index contributed by atoms with van der Waals surface area (Å²) in [6.45, 7) is 2.10. The van der Waals surface area contributed by atoms with E-state index in [0.29, 0.717) is 18.2 Å². The van der Waals surface area contributed by atoms with E-state index in [1.54, 1.807) is 6.33 Å². The highest BCUT2D eigenvalue weighted by Gasteiger charge is 2.26. The fourth-order valence-corrected chi connectivity index (χ4v) is 2.67. The standard InChI is InChI=1S/C12H20N4O2S/c1-2-9(5-6-17)14-11(18)7-19-12-15-13-8-16(12)10-3-4-10/h8-10,17H,2-7H2,1H3,(H,14,18). The lowest BCUT2D eigenvalue weighted by atomic mass is 10.1. The molecule has 1 aliphatic carbocycles. The first kappa shape index (κ1) is 14.3. The van der Waals surface area contributed by atoms with Gasteiger partial charge in [0.2, 0.25) is 5.91 Å². The van der Waals surface area contributed by atoms with Crippen molar-refractivity contribution >= 4 is 17.7 Å². The van der Waals surface area contributed by atoms with Crippen molar-refractivity contribution in [1.82, 2.24) is 20.1 Å². The lowest BCUT2D eigenvalue weighted by Gasteiger charge is -2.15. The summed E-state index contributed by atoms with van der Waals surface area (Å²) >= 11 is 1.42. The van der Waals surface area contributed by atoms with Crippen LogP contribution in [0.1, 0.15) is 38.6 Å². The van der Waals surface area contributed by atoms with E-state index in [1.165, 1.54) is 24.6 Å². The second-order valence-electron chi connectivity index (χ2n) is 4.73. The van der Waals surface area contributed by atoms with Crippen LogP contribution in [0.15, 0.2) is 11.5 Å². The maximum atomic E-state index is 11.8. The minimum Gasteiger partial charge on any atom is -0.396 e. The molecular formula is C12H20N4O2S. The molecule has 7 heteroatoms. The summed E-state index contributed by atoms with van der Waals surface area (Å²) in [5, 5.41) is 20.6. The van der Waals surface area contributed by atoms with Gasteiger partial charge < -0.3 is 15.0 Å². The van der Waals surface area contributed by atoms with E-state index in [9.17, 15) is 4.79 Å². The summed E-state index contributed by atoms with van der Waals surface area (Å²) in [4.78, 5) is 11.8. The number of carbonyl (C=O) groups is 1. The Bertz CT molecular complexity index is 420. The van der Waals surface area contributed by atoms with Gasteiger partial charge in [-0.1, -0.05) is 18.7 Å². The van der Waals surface area contributed by atoms with E-state index in [4.69, 9.17) is 5.11 Å². The molecule has 1 unspecified atom stereocenters. The molecule has 0 aromatic carbocycles. The number of aromatic nitrogens is 3. The lowest BCUT2D eigenvalue weighted by Crippen LogP contribution is -2.36. The summed E-state index contributed by atoms with van der Waals surface area (Å²) in [6.07, 6.45) is 5.51. The van der Waals surface area contributed by atoms with Gasteiger partial charge in [0.25, 0.3) is 0 Å². The zero-order valence-electron chi connectivity index (χ0n) is 11.1. The average molecular weight is 284 g/mol. The quantitative estimate of drug-likeness (QED) is 0.696. The summed E-state index contributed by atoms with van der Waals surface area (Å²) < 4.78 is 2.04. The zero-order chi connectivity index (χ0) is 13.7. The molecule has 1 saturated carbocycles. The largest absolute Gasteiger partial charge is 0.396 e. The second kappa shape index (κ2) is 6.91. The molecule has 0 spiro atoms. The van der Waals surface area contributed by atoms with Crippen LogP contribution in [0, 0.1) is 0 Å². The number of hydrogen-bond donors (Lipinski definition) is 2. The Hall–Kier alpha value is -1.08. The van der Waals surface area contributed by atoms with Gasteiger partial charge in [-0.25, -0.2) is 0 Å². The molecule has 2 rings (SSSR count). The number of hydrogen-bond acceptors (Lipinski definition) is 5. The fourth-order valence-electron chi connectivity index (χ4n) is 1.87. The van der Waals surface area contributed by atoms with Crippen LogP contribution < -0.4 is 5.32 Å². The topological polar surface area (TPSA) is 80.0 Å². The summed E-state index contributed by atoms with van der Waals surface area (Å²) in [5.74, 6) is 0.323. The van der Waals surface area contributed by atoms with Crippen LogP contribution in [0.4, 0.5) is 0 Å². The number of thioether (sulfide) groups is 1. The van der Waals surface area contributed by atoms with Gasteiger partial charge in [-0.05, 0) is 25.7 Å². The predicted octanol–water partition coefficient (Wildman–Crippen LogP) is 0.982.